The van der Waals surface area contributed by atoms with Crippen LogP contribution in [-0.4, -0.2) is 28.1 Å². The van der Waals surface area contributed by atoms with Crippen molar-refractivity contribution in [2.24, 2.45) is 0 Å². The fraction of sp³-hybridized carbons (Fsp3) is 0.417. The largest absolute Gasteiger partial charge is 0.466 e. The summed E-state index contributed by atoms with van der Waals surface area (Å²) in [5.74, 6) is -0.0213. The van der Waals surface area contributed by atoms with Gasteiger partial charge in [0.2, 0.25) is 0 Å². The molecule has 0 atom stereocenters. The van der Waals surface area contributed by atoms with Gasteiger partial charge in [-0.05, 0) is 19.9 Å². The summed E-state index contributed by atoms with van der Waals surface area (Å²) < 4.78 is 6.42. The molecule has 1 N–H and O–H groups in total. The van der Waals surface area contributed by atoms with Gasteiger partial charge in [0.05, 0.1) is 12.8 Å². The molecule has 0 saturated heterocycles. The highest BCUT2D eigenvalue weighted by Crippen LogP contribution is 2.05. The lowest BCUT2D eigenvalue weighted by atomic mass is 10.3. The number of carbonyl (C=O) groups excluding carboxylic acids is 2. The monoisotopic (exact) mass is 251 g/mol. The van der Waals surface area contributed by atoms with Crippen molar-refractivity contribution in [3.05, 3.63) is 24.5 Å². The third-order valence-corrected chi connectivity index (χ3v) is 2.14. The van der Waals surface area contributed by atoms with Gasteiger partial charge in [-0.3, -0.25) is 9.59 Å². The Labute approximate surface area is 106 Å². The summed E-state index contributed by atoms with van der Waals surface area (Å²) in [5.41, 5.74) is 0. The molecule has 0 aliphatic heterocycles. The van der Waals surface area contributed by atoms with Crippen LogP contribution in [0.1, 0.15) is 20.3 Å². The zero-order chi connectivity index (χ0) is 13.4. The van der Waals surface area contributed by atoms with Gasteiger partial charge in [-0.1, -0.05) is 0 Å². The van der Waals surface area contributed by atoms with Gasteiger partial charge in [-0.25, -0.2) is 4.68 Å². The van der Waals surface area contributed by atoms with E-state index in [-0.39, 0.29) is 18.8 Å². The first-order valence-electron chi connectivity index (χ1n) is 5.80. The fourth-order valence-corrected chi connectivity index (χ4v) is 1.34. The highest BCUT2D eigenvalue weighted by atomic mass is 16.5. The number of aryl methyl sites for hydroxylation is 1. The molecule has 0 fully saturated rings. The van der Waals surface area contributed by atoms with Crippen molar-refractivity contribution in [2.75, 3.05) is 11.9 Å². The number of hydrogen-bond donors (Lipinski definition) is 1. The van der Waals surface area contributed by atoms with E-state index in [0.717, 1.165) is 12.4 Å². The van der Waals surface area contributed by atoms with E-state index >= 15 is 0 Å². The average molecular weight is 251 g/mol. The van der Waals surface area contributed by atoms with Crippen molar-refractivity contribution >= 4 is 17.6 Å². The number of rotatable bonds is 7. The van der Waals surface area contributed by atoms with Crippen LogP contribution in [0, 0.1) is 0 Å². The molecule has 0 aliphatic rings. The predicted molar refractivity (Wildman–Crippen MR) is 66.9 cm³/mol. The standard InChI is InChI=1S/C12H17N3O3/c1-3-15-11(6-8-14-15)13-7-5-10(16)9-12(17)18-4-2/h5-8,13H,3-4,9H2,1-2H3. The van der Waals surface area contributed by atoms with Crippen LogP contribution >= 0.6 is 0 Å². The van der Waals surface area contributed by atoms with E-state index in [4.69, 9.17) is 0 Å². The Morgan fingerprint density at radius 3 is 2.94 bits per heavy atom. The third kappa shape index (κ3) is 4.40. The molecule has 0 unspecified atom stereocenters. The molecule has 6 nitrogen and oxygen atoms in total. The first kappa shape index (κ1) is 14.0. The summed E-state index contributed by atoms with van der Waals surface area (Å²) in [5, 5.41) is 6.99. The number of nitrogens with zero attached hydrogens (tertiary/aromatic N) is 2. The molecule has 0 radical (unpaired) electrons. The predicted octanol–water partition coefficient (Wildman–Crippen LogP) is 1.35. The minimum Gasteiger partial charge on any atom is -0.466 e. The van der Waals surface area contributed by atoms with E-state index in [9.17, 15) is 9.59 Å². The zero-order valence-electron chi connectivity index (χ0n) is 10.5. The normalized spacial score (nSPS) is 10.6. The molecule has 0 saturated carbocycles. The quantitative estimate of drug-likeness (QED) is 0.450. The topological polar surface area (TPSA) is 73.2 Å². The Kier molecular flexibility index (Phi) is 5.63. The van der Waals surface area contributed by atoms with Crippen LogP contribution in [0.3, 0.4) is 0 Å². The number of nitrogens with one attached hydrogen (secondary N) is 1. The summed E-state index contributed by atoms with van der Waals surface area (Å²) in [6.45, 7) is 4.68. The van der Waals surface area contributed by atoms with Crippen molar-refractivity contribution in [3.8, 4) is 0 Å². The lowest BCUT2D eigenvalue weighted by Crippen LogP contribution is -2.09. The summed E-state index contributed by atoms with van der Waals surface area (Å²) in [6.07, 6.45) is 4.23. The Hall–Kier alpha value is -2.11. The Morgan fingerprint density at radius 1 is 1.50 bits per heavy atom. The maximum atomic E-state index is 11.4. The van der Waals surface area contributed by atoms with E-state index in [2.05, 4.69) is 15.2 Å². The van der Waals surface area contributed by atoms with E-state index in [1.807, 2.05) is 6.92 Å². The minimum absolute atomic E-state index is 0.237. The summed E-state index contributed by atoms with van der Waals surface area (Å²) >= 11 is 0. The second-order valence-corrected chi connectivity index (χ2v) is 3.46. The van der Waals surface area contributed by atoms with Crippen molar-refractivity contribution < 1.29 is 14.3 Å². The maximum Gasteiger partial charge on any atom is 0.313 e. The Balaban J connectivity index is 2.41. The first-order valence-corrected chi connectivity index (χ1v) is 5.80. The van der Waals surface area contributed by atoms with E-state index in [1.165, 1.54) is 12.3 Å². The third-order valence-electron chi connectivity index (χ3n) is 2.14. The highest BCUT2D eigenvalue weighted by molar-refractivity contribution is 6.01. The van der Waals surface area contributed by atoms with E-state index in [1.54, 1.807) is 23.9 Å². The first-order chi connectivity index (χ1) is 8.67. The molecule has 0 amide bonds. The SMILES string of the molecule is CCOC(=O)CC(=O)C=CNc1ccnn1CC. The number of allylic oxidation sites excluding steroid dienone is 1. The molecular weight excluding hydrogens is 234 g/mol. The van der Waals surface area contributed by atoms with Gasteiger partial charge in [-0.2, -0.15) is 5.10 Å². The molecule has 0 aromatic carbocycles. The molecular formula is C12H17N3O3. The smallest absolute Gasteiger partial charge is 0.313 e. The van der Waals surface area contributed by atoms with Crippen molar-refractivity contribution in [2.45, 2.75) is 26.8 Å². The van der Waals surface area contributed by atoms with Gasteiger partial charge < -0.3 is 10.1 Å². The van der Waals surface area contributed by atoms with Gasteiger partial charge in [-0.15, -0.1) is 0 Å². The number of carbonyl (C=O) groups is 2. The van der Waals surface area contributed by atoms with Crippen LogP contribution in [0.5, 0.6) is 0 Å². The van der Waals surface area contributed by atoms with Gasteiger partial charge in [0, 0.05) is 18.8 Å². The van der Waals surface area contributed by atoms with Crippen molar-refractivity contribution in [3.63, 3.8) is 0 Å². The van der Waals surface area contributed by atoms with Gasteiger partial charge >= 0.3 is 5.97 Å². The number of aromatic nitrogens is 2. The maximum absolute atomic E-state index is 11.4. The number of anilines is 1. The summed E-state index contributed by atoms with van der Waals surface area (Å²) in [7, 11) is 0. The van der Waals surface area contributed by atoms with Crippen molar-refractivity contribution in [1.82, 2.24) is 9.78 Å². The second kappa shape index (κ2) is 7.26. The Bertz CT molecular complexity index is 438. The van der Waals surface area contributed by atoms with Crippen LogP contribution in [0.25, 0.3) is 0 Å². The molecule has 0 aliphatic carbocycles. The van der Waals surface area contributed by atoms with Crippen molar-refractivity contribution in [1.29, 1.82) is 0 Å². The summed E-state index contributed by atoms with van der Waals surface area (Å²) in [6, 6.07) is 1.80. The lowest BCUT2D eigenvalue weighted by Gasteiger charge is -2.03. The van der Waals surface area contributed by atoms with Gasteiger partial charge in [0.1, 0.15) is 12.2 Å². The van der Waals surface area contributed by atoms with Crippen LogP contribution in [-0.2, 0) is 20.9 Å². The molecule has 1 heterocycles. The molecule has 1 rings (SSSR count). The lowest BCUT2D eigenvalue weighted by molar-refractivity contribution is -0.144. The summed E-state index contributed by atoms with van der Waals surface area (Å²) in [4.78, 5) is 22.4. The molecule has 0 spiro atoms. The molecule has 1 aromatic heterocycles. The number of ketones is 1. The Morgan fingerprint density at radius 2 is 2.28 bits per heavy atom. The highest BCUT2D eigenvalue weighted by Gasteiger charge is 2.06. The van der Waals surface area contributed by atoms with Gasteiger partial charge in [0.25, 0.3) is 0 Å². The molecule has 18 heavy (non-hydrogen) atoms. The van der Waals surface area contributed by atoms with E-state index < -0.39 is 5.97 Å². The molecule has 1 aromatic rings. The fourth-order valence-electron chi connectivity index (χ4n) is 1.34. The molecule has 0 bridgehead atoms. The molecule has 6 heteroatoms. The minimum atomic E-state index is -0.509. The number of hydrogen-bond acceptors (Lipinski definition) is 5. The second-order valence-electron chi connectivity index (χ2n) is 3.46. The number of esters is 1. The van der Waals surface area contributed by atoms with Crippen LogP contribution in [0.2, 0.25) is 0 Å². The zero-order valence-corrected chi connectivity index (χ0v) is 10.5. The van der Waals surface area contributed by atoms with Crippen LogP contribution in [0.15, 0.2) is 24.5 Å². The van der Waals surface area contributed by atoms with Crippen LogP contribution < -0.4 is 5.32 Å². The average Bonchev–Trinajstić information content (AvgIpc) is 2.76. The number of ether oxygens (including phenoxy) is 1. The molecule has 98 valence electrons. The van der Waals surface area contributed by atoms with Gasteiger partial charge in [0.15, 0.2) is 5.78 Å². The van der Waals surface area contributed by atoms with Crippen LogP contribution in [0.4, 0.5) is 5.82 Å². The van der Waals surface area contributed by atoms with E-state index in [0.29, 0.717) is 0 Å².